The van der Waals surface area contributed by atoms with Crippen molar-refractivity contribution in [2.75, 3.05) is 51.0 Å². The van der Waals surface area contributed by atoms with Gasteiger partial charge in [-0.25, -0.2) is 9.78 Å². The Morgan fingerprint density at radius 1 is 1.00 bits per heavy atom. The van der Waals surface area contributed by atoms with Crippen molar-refractivity contribution in [3.8, 4) is 0 Å². The molecule has 3 N–H and O–H groups in total. The maximum Gasteiger partial charge on any atom is 0.421 e. The third kappa shape index (κ3) is 7.17. The number of carbonyl (C=O) groups is 3. The number of ether oxygens (including phenoxy) is 1. The number of alkyl halides is 3. The number of hydrogen-bond donors (Lipinski definition) is 3. The second kappa shape index (κ2) is 12.5. The zero-order valence-corrected chi connectivity index (χ0v) is 22.3. The van der Waals surface area contributed by atoms with Crippen LogP contribution in [-0.2, 0) is 20.5 Å². The number of esters is 1. The summed E-state index contributed by atoms with van der Waals surface area (Å²) in [6.45, 7) is 2.87. The highest BCUT2D eigenvalue weighted by atomic mass is 19.4. The first kappa shape index (κ1) is 29.1. The van der Waals surface area contributed by atoms with Crippen LogP contribution in [0, 0.1) is 0 Å². The lowest BCUT2D eigenvalue weighted by atomic mass is 9.90. The fraction of sp³-hybridized carbons (Fsp3) is 0.500. The van der Waals surface area contributed by atoms with E-state index in [1.165, 1.54) is 0 Å². The third-order valence-corrected chi connectivity index (χ3v) is 7.05. The zero-order chi connectivity index (χ0) is 28.9. The number of likely N-dealkylation sites (N-methyl/N-ethyl adjacent to an activating group) is 1. The van der Waals surface area contributed by atoms with Gasteiger partial charge in [-0.05, 0) is 44.2 Å². The monoisotopic (exact) mass is 563 g/mol. The number of piperazine rings is 1. The van der Waals surface area contributed by atoms with Gasteiger partial charge in [-0.3, -0.25) is 9.59 Å². The standard InChI is InChI=1S/C26H32F3N7O4/c1-35-11-13-36(14-12-35)23(38)16-7-9-17(10-8-16)31-25-30-15-18(26(27,28)29)21(34-25)32-19-5-3-4-6-20(19)33-22(37)24(39)40-2/h7-10,15,19-20H,3-6,11-14H2,1-2H3,(H,33,37)(H2,30,31,32,34)/t19-,20+/m1/s1. The molecule has 216 valence electrons. The van der Waals surface area contributed by atoms with Gasteiger partial charge in [0, 0.05) is 55.7 Å². The number of methoxy groups -OCH3 is 1. The number of anilines is 3. The molecular formula is C26H32F3N7O4. The smallest absolute Gasteiger partial charge is 0.421 e. The van der Waals surface area contributed by atoms with Crippen molar-refractivity contribution in [1.29, 1.82) is 0 Å². The lowest BCUT2D eigenvalue weighted by Crippen LogP contribution is -2.50. The Bertz CT molecular complexity index is 1220. The van der Waals surface area contributed by atoms with Crippen LogP contribution in [0.4, 0.5) is 30.6 Å². The molecular weight excluding hydrogens is 531 g/mol. The van der Waals surface area contributed by atoms with Gasteiger partial charge in [-0.2, -0.15) is 18.2 Å². The van der Waals surface area contributed by atoms with Crippen LogP contribution in [0.3, 0.4) is 0 Å². The lowest BCUT2D eigenvalue weighted by molar-refractivity contribution is -0.153. The number of rotatable bonds is 6. The number of hydrogen-bond acceptors (Lipinski definition) is 9. The van der Waals surface area contributed by atoms with Crippen LogP contribution in [0.2, 0.25) is 0 Å². The fourth-order valence-electron chi connectivity index (χ4n) is 4.75. The number of halogens is 3. The Balaban J connectivity index is 1.49. The number of carbonyl (C=O) groups excluding carboxylic acids is 3. The first-order valence-corrected chi connectivity index (χ1v) is 13.0. The van der Waals surface area contributed by atoms with E-state index in [2.05, 4.69) is 35.6 Å². The molecule has 1 aliphatic heterocycles. The number of aromatic nitrogens is 2. The first-order chi connectivity index (χ1) is 19.0. The number of nitrogens with one attached hydrogen (secondary N) is 3. The maximum atomic E-state index is 13.8. The van der Waals surface area contributed by atoms with Crippen LogP contribution < -0.4 is 16.0 Å². The molecule has 0 unspecified atom stereocenters. The molecule has 2 aliphatic rings. The molecule has 4 rings (SSSR count). The Kier molecular flexibility index (Phi) is 9.07. The molecule has 0 bridgehead atoms. The quantitative estimate of drug-likeness (QED) is 0.359. The Morgan fingerprint density at radius 3 is 2.27 bits per heavy atom. The molecule has 11 nitrogen and oxygen atoms in total. The van der Waals surface area contributed by atoms with Crippen molar-refractivity contribution >= 4 is 35.2 Å². The second-order valence-corrected chi connectivity index (χ2v) is 9.86. The maximum absolute atomic E-state index is 13.8. The van der Waals surface area contributed by atoms with Crippen LogP contribution in [0.25, 0.3) is 0 Å². The van der Waals surface area contributed by atoms with Crippen LogP contribution in [0.1, 0.15) is 41.6 Å². The van der Waals surface area contributed by atoms with E-state index in [-0.39, 0.29) is 11.9 Å². The van der Waals surface area contributed by atoms with E-state index in [1.54, 1.807) is 29.2 Å². The van der Waals surface area contributed by atoms with Gasteiger partial charge in [-0.15, -0.1) is 0 Å². The van der Waals surface area contributed by atoms with E-state index in [0.717, 1.165) is 33.0 Å². The van der Waals surface area contributed by atoms with Crippen molar-refractivity contribution in [3.63, 3.8) is 0 Å². The van der Waals surface area contributed by atoms with Crippen LogP contribution in [-0.4, -0.2) is 90.0 Å². The molecule has 1 aromatic carbocycles. The average Bonchev–Trinajstić information content (AvgIpc) is 2.93. The molecule has 1 saturated heterocycles. The van der Waals surface area contributed by atoms with Crippen molar-refractivity contribution in [3.05, 3.63) is 41.6 Å². The summed E-state index contributed by atoms with van der Waals surface area (Å²) in [7, 11) is 3.07. The van der Waals surface area contributed by atoms with Gasteiger partial charge >= 0.3 is 18.1 Å². The Labute approximate surface area is 229 Å². The number of nitrogens with zero attached hydrogens (tertiary/aromatic N) is 4. The Morgan fingerprint density at radius 2 is 1.65 bits per heavy atom. The molecule has 1 saturated carbocycles. The van der Waals surface area contributed by atoms with Crippen molar-refractivity contribution in [2.45, 2.75) is 43.9 Å². The molecule has 0 radical (unpaired) electrons. The van der Waals surface area contributed by atoms with Crippen molar-refractivity contribution < 1.29 is 32.3 Å². The summed E-state index contributed by atoms with van der Waals surface area (Å²) >= 11 is 0. The normalized spacial score (nSPS) is 20.0. The van der Waals surface area contributed by atoms with Crippen molar-refractivity contribution in [2.24, 2.45) is 0 Å². The summed E-state index contributed by atoms with van der Waals surface area (Å²) in [6.07, 6.45) is -1.66. The highest BCUT2D eigenvalue weighted by Gasteiger charge is 2.37. The first-order valence-electron chi connectivity index (χ1n) is 13.0. The Hall–Kier alpha value is -3.94. The topological polar surface area (TPSA) is 129 Å². The fourth-order valence-corrected chi connectivity index (χ4v) is 4.75. The summed E-state index contributed by atoms with van der Waals surface area (Å²) in [5.74, 6) is -2.66. The van der Waals surface area contributed by atoms with Gasteiger partial charge < -0.3 is 30.5 Å². The highest BCUT2D eigenvalue weighted by molar-refractivity contribution is 6.32. The van der Waals surface area contributed by atoms with Gasteiger partial charge in [0.25, 0.3) is 5.91 Å². The molecule has 14 heteroatoms. The second-order valence-electron chi connectivity index (χ2n) is 9.86. The van der Waals surface area contributed by atoms with Gasteiger partial charge in [0.1, 0.15) is 11.4 Å². The SMILES string of the molecule is COC(=O)C(=O)N[C@H]1CCCC[C@H]1Nc1nc(Nc2ccc(C(=O)N3CCN(C)CC3)cc2)ncc1C(F)(F)F. The zero-order valence-electron chi connectivity index (χ0n) is 22.3. The predicted octanol–water partition coefficient (Wildman–Crippen LogP) is 2.64. The van der Waals surface area contributed by atoms with Gasteiger partial charge in [-0.1, -0.05) is 12.8 Å². The number of amides is 2. The summed E-state index contributed by atoms with van der Waals surface area (Å²) < 4.78 is 45.8. The van der Waals surface area contributed by atoms with Crippen LogP contribution in [0.5, 0.6) is 0 Å². The molecule has 2 aromatic rings. The largest absolute Gasteiger partial charge is 0.462 e. The molecule has 2 heterocycles. The van der Waals surface area contributed by atoms with Gasteiger partial charge in [0.2, 0.25) is 5.95 Å². The molecule has 1 aromatic heterocycles. The van der Waals surface area contributed by atoms with E-state index < -0.39 is 41.5 Å². The summed E-state index contributed by atoms with van der Waals surface area (Å²) in [6, 6.07) is 5.35. The van der Waals surface area contributed by atoms with E-state index in [1.807, 2.05) is 7.05 Å². The van der Waals surface area contributed by atoms with Crippen LogP contribution >= 0.6 is 0 Å². The molecule has 0 spiro atoms. The highest BCUT2D eigenvalue weighted by Crippen LogP contribution is 2.35. The van der Waals surface area contributed by atoms with E-state index in [4.69, 9.17) is 0 Å². The molecule has 2 atom stereocenters. The molecule has 40 heavy (non-hydrogen) atoms. The summed E-state index contributed by atoms with van der Waals surface area (Å²) in [5, 5.41) is 8.26. The predicted molar refractivity (Wildman–Crippen MR) is 140 cm³/mol. The minimum absolute atomic E-state index is 0.0837. The summed E-state index contributed by atoms with van der Waals surface area (Å²) in [4.78, 5) is 48.2. The lowest BCUT2D eigenvalue weighted by Gasteiger charge is -2.33. The number of benzene rings is 1. The summed E-state index contributed by atoms with van der Waals surface area (Å²) in [5.41, 5.74) is -0.0700. The molecule has 1 aliphatic carbocycles. The molecule has 2 fully saturated rings. The van der Waals surface area contributed by atoms with Crippen molar-refractivity contribution in [1.82, 2.24) is 25.1 Å². The average molecular weight is 564 g/mol. The van der Waals surface area contributed by atoms with Gasteiger partial charge in [0.15, 0.2) is 0 Å². The van der Waals surface area contributed by atoms with E-state index in [9.17, 15) is 27.6 Å². The molecule has 2 amide bonds. The van der Waals surface area contributed by atoms with Crippen LogP contribution in [0.15, 0.2) is 30.5 Å². The third-order valence-electron chi connectivity index (χ3n) is 7.05. The minimum Gasteiger partial charge on any atom is -0.462 e. The van der Waals surface area contributed by atoms with E-state index in [0.29, 0.717) is 43.4 Å². The van der Waals surface area contributed by atoms with Gasteiger partial charge in [0.05, 0.1) is 7.11 Å². The minimum atomic E-state index is -4.73. The van der Waals surface area contributed by atoms with E-state index >= 15 is 0 Å².